The fourth-order valence-electron chi connectivity index (χ4n) is 2.55. The highest BCUT2D eigenvalue weighted by molar-refractivity contribution is 6.00. The summed E-state index contributed by atoms with van der Waals surface area (Å²) in [4.78, 5) is 22.7. The summed E-state index contributed by atoms with van der Waals surface area (Å²) in [7, 11) is 0. The Bertz CT molecular complexity index is 564. The Morgan fingerprint density at radius 3 is 2.05 bits per heavy atom. The zero-order valence-corrected chi connectivity index (χ0v) is 10.7. The lowest BCUT2D eigenvalue weighted by molar-refractivity contribution is -0.166. The number of aliphatic carboxylic acids is 2. The van der Waals surface area contributed by atoms with Gasteiger partial charge in [0.2, 0.25) is 0 Å². The van der Waals surface area contributed by atoms with Crippen LogP contribution in [0.15, 0.2) is 36.4 Å². The first-order valence-corrected chi connectivity index (χ1v) is 6.10. The van der Waals surface area contributed by atoms with Crippen molar-refractivity contribution in [2.45, 2.75) is 18.5 Å². The lowest BCUT2D eigenvalue weighted by Crippen LogP contribution is -2.59. The molecule has 1 aliphatic rings. The monoisotopic (exact) mass is 276 g/mol. The molecule has 0 saturated heterocycles. The average Bonchev–Trinajstić information content (AvgIpc) is 2.37. The minimum atomic E-state index is -1.97. The molecule has 1 aromatic rings. The Morgan fingerprint density at radius 2 is 1.60 bits per heavy atom. The molecule has 0 atom stereocenters. The lowest BCUT2D eigenvalue weighted by atomic mass is 9.69. The Balaban J connectivity index is 2.48. The van der Waals surface area contributed by atoms with Crippen LogP contribution in [0.3, 0.4) is 0 Å². The van der Waals surface area contributed by atoms with E-state index in [1.54, 1.807) is 12.1 Å². The largest absolute Gasteiger partial charge is 0.480 e. The van der Waals surface area contributed by atoms with E-state index < -0.39 is 23.0 Å². The van der Waals surface area contributed by atoms with Crippen LogP contribution in [-0.4, -0.2) is 27.8 Å². The van der Waals surface area contributed by atoms with Gasteiger partial charge >= 0.3 is 11.9 Å². The highest BCUT2D eigenvalue weighted by atomic mass is 16.4. The number of nitrogens with two attached hydrogens (primary N) is 2. The van der Waals surface area contributed by atoms with Gasteiger partial charge in [0.25, 0.3) is 0 Å². The van der Waals surface area contributed by atoms with Crippen LogP contribution in [0.1, 0.15) is 18.4 Å². The number of rotatable bonds is 3. The van der Waals surface area contributed by atoms with E-state index in [2.05, 4.69) is 0 Å². The summed E-state index contributed by atoms with van der Waals surface area (Å²) in [5.41, 5.74) is 9.83. The van der Waals surface area contributed by atoms with E-state index in [9.17, 15) is 19.8 Å². The molecule has 1 aromatic carbocycles. The van der Waals surface area contributed by atoms with Crippen molar-refractivity contribution in [1.82, 2.24) is 0 Å². The molecule has 1 aliphatic carbocycles. The highest BCUT2D eigenvalue weighted by Crippen LogP contribution is 2.42. The maximum atomic E-state index is 11.3. The molecule has 0 bridgehead atoms. The van der Waals surface area contributed by atoms with E-state index in [0.717, 1.165) is 5.56 Å². The molecule has 0 spiro atoms. The summed E-state index contributed by atoms with van der Waals surface area (Å²) in [6.45, 7) is 0. The molecule has 6 N–H and O–H groups in total. The maximum absolute atomic E-state index is 11.3. The minimum absolute atomic E-state index is 0.141. The van der Waals surface area contributed by atoms with E-state index in [1.165, 1.54) is 6.08 Å². The summed E-state index contributed by atoms with van der Waals surface area (Å²) < 4.78 is 0. The zero-order valence-electron chi connectivity index (χ0n) is 10.7. The fraction of sp³-hybridized carbons (Fsp3) is 0.286. The molecule has 0 aliphatic heterocycles. The van der Waals surface area contributed by atoms with Crippen LogP contribution < -0.4 is 11.5 Å². The van der Waals surface area contributed by atoms with E-state index in [-0.39, 0.29) is 12.8 Å². The van der Waals surface area contributed by atoms with Gasteiger partial charge in [0, 0.05) is 6.42 Å². The zero-order chi connectivity index (χ0) is 15.0. The summed E-state index contributed by atoms with van der Waals surface area (Å²) in [6, 6.07) is 9.05. The van der Waals surface area contributed by atoms with Crippen molar-refractivity contribution in [1.29, 1.82) is 0 Å². The normalized spacial score (nSPS) is 20.0. The Kier molecular flexibility index (Phi) is 3.37. The van der Waals surface area contributed by atoms with Crippen LogP contribution in [0.4, 0.5) is 0 Å². The van der Waals surface area contributed by atoms with E-state index in [1.807, 2.05) is 18.2 Å². The fourth-order valence-corrected chi connectivity index (χ4v) is 2.55. The molecule has 0 heterocycles. The standard InChI is InChI=1S/C14H16N2O4/c15-14(16)8-13(11(17)18,12(19)20)7-6-10(14)9-4-2-1-3-5-9/h1-6H,7-8,15-16H2,(H,17,18)(H,19,20). The number of carbonyl (C=O) groups is 2. The molecule has 0 amide bonds. The second-order valence-electron chi connectivity index (χ2n) is 5.10. The molecule has 0 radical (unpaired) electrons. The molecule has 2 rings (SSSR count). The van der Waals surface area contributed by atoms with Crippen LogP contribution in [0.5, 0.6) is 0 Å². The molecule has 0 saturated carbocycles. The number of benzene rings is 1. The van der Waals surface area contributed by atoms with Crippen LogP contribution in [-0.2, 0) is 9.59 Å². The van der Waals surface area contributed by atoms with Crippen LogP contribution in [0, 0.1) is 5.41 Å². The second-order valence-corrected chi connectivity index (χ2v) is 5.10. The lowest BCUT2D eigenvalue weighted by Gasteiger charge is -2.39. The molecule has 6 heteroatoms. The molecule has 0 fully saturated rings. The molecule has 106 valence electrons. The Hall–Kier alpha value is -2.18. The molecule has 0 unspecified atom stereocenters. The van der Waals surface area contributed by atoms with Crippen molar-refractivity contribution in [3.05, 3.63) is 42.0 Å². The van der Waals surface area contributed by atoms with Crippen LogP contribution in [0.25, 0.3) is 5.57 Å². The number of allylic oxidation sites excluding steroid dienone is 1. The topological polar surface area (TPSA) is 127 Å². The number of hydrogen-bond donors (Lipinski definition) is 4. The van der Waals surface area contributed by atoms with Gasteiger partial charge in [-0.15, -0.1) is 0 Å². The van der Waals surface area contributed by atoms with Gasteiger partial charge in [-0.2, -0.15) is 0 Å². The van der Waals surface area contributed by atoms with Crippen molar-refractivity contribution in [2.75, 3.05) is 0 Å². The second kappa shape index (κ2) is 4.73. The first-order chi connectivity index (χ1) is 9.29. The van der Waals surface area contributed by atoms with Gasteiger partial charge in [-0.1, -0.05) is 36.4 Å². The maximum Gasteiger partial charge on any atom is 0.321 e. The van der Waals surface area contributed by atoms with Crippen molar-refractivity contribution >= 4 is 17.5 Å². The van der Waals surface area contributed by atoms with Crippen molar-refractivity contribution in [3.8, 4) is 0 Å². The highest BCUT2D eigenvalue weighted by Gasteiger charge is 2.53. The number of carboxylic acids is 2. The smallest absolute Gasteiger partial charge is 0.321 e. The van der Waals surface area contributed by atoms with Crippen molar-refractivity contribution in [3.63, 3.8) is 0 Å². The molecular weight excluding hydrogens is 260 g/mol. The van der Waals surface area contributed by atoms with Gasteiger partial charge in [0.05, 0.1) is 5.66 Å². The third-order valence-electron chi connectivity index (χ3n) is 3.65. The SMILES string of the molecule is NC1(N)CC(C(=O)O)(C(=O)O)CC=C1c1ccccc1. The minimum Gasteiger partial charge on any atom is -0.480 e. The van der Waals surface area contributed by atoms with Gasteiger partial charge in [-0.25, -0.2) is 0 Å². The van der Waals surface area contributed by atoms with Gasteiger partial charge in [-0.05, 0) is 17.6 Å². The third-order valence-corrected chi connectivity index (χ3v) is 3.65. The number of carboxylic acid groups (broad SMARTS) is 2. The van der Waals surface area contributed by atoms with Gasteiger partial charge in [0.15, 0.2) is 5.41 Å². The molecule has 20 heavy (non-hydrogen) atoms. The molecule has 0 aromatic heterocycles. The van der Waals surface area contributed by atoms with Crippen LogP contribution >= 0.6 is 0 Å². The van der Waals surface area contributed by atoms with Crippen LogP contribution in [0.2, 0.25) is 0 Å². The van der Waals surface area contributed by atoms with Crippen molar-refractivity contribution < 1.29 is 19.8 Å². The van der Waals surface area contributed by atoms with E-state index in [0.29, 0.717) is 5.57 Å². The van der Waals surface area contributed by atoms with Crippen molar-refractivity contribution in [2.24, 2.45) is 16.9 Å². The molecule has 6 nitrogen and oxygen atoms in total. The van der Waals surface area contributed by atoms with Gasteiger partial charge in [0.1, 0.15) is 0 Å². The third kappa shape index (κ3) is 2.19. The summed E-state index contributed by atoms with van der Waals surface area (Å²) in [5.74, 6) is -2.85. The quantitative estimate of drug-likeness (QED) is 0.474. The first-order valence-electron chi connectivity index (χ1n) is 6.10. The average molecular weight is 276 g/mol. The van der Waals surface area contributed by atoms with E-state index in [4.69, 9.17) is 11.5 Å². The molecular formula is C14H16N2O4. The van der Waals surface area contributed by atoms with Gasteiger partial charge in [-0.3, -0.25) is 9.59 Å². The summed E-state index contributed by atoms with van der Waals surface area (Å²) >= 11 is 0. The van der Waals surface area contributed by atoms with Gasteiger partial charge < -0.3 is 21.7 Å². The predicted molar refractivity (Wildman–Crippen MR) is 72.5 cm³/mol. The first kappa shape index (κ1) is 14.2. The Labute approximate surface area is 115 Å². The summed E-state index contributed by atoms with van der Waals surface area (Å²) in [6.07, 6.45) is 1.02. The van der Waals surface area contributed by atoms with E-state index >= 15 is 0 Å². The predicted octanol–water partition coefficient (Wildman–Crippen LogP) is 0.633. The Morgan fingerprint density at radius 1 is 1.05 bits per heavy atom. The number of hydrogen-bond acceptors (Lipinski definition) is 4. The summed E-state index contributed by atoms with van der Waals surface area (Å²) in [5, 5.41) is 18.5.